The van der Waals surface area contributed by atoms with Gasteiger partial charge in [-0.2, -0.15) is 0 Å². The molecule has 1 amide bonds. The minimum absolute atomic E-state index is 0.172. The summed E-state index contributed by atoms with van der Waals surface area (Å²) >= 11 is 0. The Labute approximate surface area is 193 Å². The SMILES string of the molecule is COc1cc(NC(=O)c2ccc3c(c2)N(Cc2ccccc2)C(C)CO3)cc(OC)c1OC. The van der Waals surface area contributed by atoms with E-state index in [1.54, 1.807) is 18.2 Å². The van der Waals surface area contributed by atoms with Crippen molar-refractivity contribution in [2.45, 2.75) is 19.5 Å². The van der Waals surface area contributed by atoms with Crippen LogP contribution in [0.4, 0.5) is 11.4 Å². The molecule has 7 nitrogen and oxygen atoms in total. The van der Waals surface area contributed by atoms with Gasteiger partial charge < -0.3 is 29.2 Å². The van der Waals surface area contributed by atoms with Gasteiger partial charge in [0.15, 0.2) is 11.5 Å². The Balaban J connectivity index is 1.61. The van der Waals surface area contributed by atoms with Crippen molar-refractivity contribution in [1.29, 1.82) is 0 Å². The first-order valence-electron chi connectivity index (χ1n) is 10.7. The maximum atomic E-state index is 13.1. The average molecular weight is 449 g/mol. The van der Waals surface area contributed by atoms with Crippen molar-refractivity contribution in [2.24, 2.45) is 0 Å². The lowest BCUT2D eigenvalue weighted by molar-refractivity contribution is 0.102. The number of amides is 1. The monoisotopic (exact) mass is 448 g/mol. The highest BCUT2D eigenvalue weighted by molar-refractivity contribution is 6.05. The lowest BCUT2D eigenvalue weighted by Crippen LogP contribution is -2.40. The van der Waals surface area contributed by atoms with Gasteiger partial charge in [-0.3, -0.25) is 4.79 Å². The number of hydrogen-bond donors (Lipinski definition) is 1. The molecule has 1 aliphatic rings. The number of carbonyl (C=O) groups excluding carboxylic acids is 1. The van der Waals surface area contributed by atoms with E-state index in [4.69, 9.17) is 18.9 Å². The smallest absolute Gasteiger partial charge is 0.255 e. The van der Waals surface area contributed by atoms with Gasteiger partial charge >= 0.3 is 0 Å². The maximum absolute atomic E-state index is 13.1. The third kappa shape index (κ3) is 4.67. The molecule has 3 aromatic carbocycles. The lowest BCUT2D eigenvalue weighted by Gasteiger charge is -2.37. The summed E-state index contributed by atoms with van der Waals surface area (Å²) in [7, 11) is 4.61. The van der Waals surface area contributed by atoms with Crippen LogP contribution in [0.2, 0.25) is 0 Å². The standard InChI is InChI=1S/C26H28N2O5/c1-17-16-33-22-11-10-19(12-21(22)28(17)15-18-8-6-5-7-9-18)26(29)27-20-13-23(30-2)25(32-4)24(14-20)31-3/h5-14,17H,15-16H2,1-4H3,(H,27,29). The molecule has 0 spiro atoms. The van der Waals surface area contributed by atoms with Crippen LogP contribution in [0.5, 0.6) is 23.0 Å². The van der Waals surface area contributed by atoms with Crippen molar-refractivity contribution in [3.05, 3.63) is 71.8 Å². The van der Waals surface area contributed by atoms with Crippen LogP contribution < -0.4 is 29.2 Å². The molecule has 1 heterocycles. The Morgan fingerprint density at radius 3 is 2.33 bits per heavy atom. The second-order valence-electron chi connectivity index (χ2n) is 7.82. The number of anilines is 2. The van der Waals surface area contributed by atoms with Crippen LogP contribution in [0, 0.1) is 0 Å². The maximum Gasteiger partial charge on any atom is 0.255 e. The zero-order valence-electron chi connectivity index (χ0n) is 19.3. The average Bonchev–Trinajstić information content (AvgIpc) is 2.85. The molecule has 7 heteroatoms. The van der Waals surface area contributed by atoms with E-state index in [-0.39, 0.29) is 11.9 Å². The van der Waals surface area contributed by atoms with Gasteiger partial charge in [-0.25, -0.2) is 0 Å². The molecule has 1 atom stereocenters. The van der Waals surface area contributed by atoms with Gasteiger partial charge in [0.1, 0.15) is 12.4 Å². The molecule has 0 saturated carbocycles. The summed E-state index contributed by atoms with van der Waals surface area (Å²) in [5, 5.41) is 2.93. The van der Waals surface area contributed by atoms with Gasteiger partial charge in [-0.15, -0.1) is 0 Å². The Morgan fingerprint density at radius 1 is 1.00 bits per heavy atom. The molecule has 1 unspecified atom stereocenters. The van der Waals surface area contributed by atoms with E-state index in [0.29, 0.717) is 35.1 Å². The van der Waals surface area contributed by atoms with Crippen LogP contribution in [-0.4, -0.2) is 39.9 Å². The van der Waals surface area contributed by atoms with Crippen molar-refractivity contribution in [3.8, 4) is 23.0 Å². The van der Waals surface area contributed by atoms with Crippen molar-refractivity contribution in [1.82, 2.24) is 0 Å². The van der Waals surface area contributed by atoms with Gasteiger partial charge in [0.05, 0.1) is 33.1 Å². The van der Waals surface area contributed by atoms with Crippen molar-refractivity contribution >= 4 is 17.3 Å². The van der Waals surface area contributed by atoms with Crippen LogP contribution in [-0.2, 0) is 6.54 Å². The van der Waals surface area contributed by atoms with E-state index in [1.165, 1.54) is 26.9 Å². The zero-order valence-corrected chi connectivity index (χ0v) is 19.3. The van der Waals surface area contributed by atoms with Crippen LogP contribution >= 0.6 is 0 Å². The molecular formula is C26H28N2O5. The molecule has 3 aromatic rings. The summed E-state index contributed by atoms with van der Waals surface area (Å²) in [6, 6.07) is 19.3. The van der Waals surface area contributed by atoms with Gasteiger partial charge in [-0.05, 0) is 30.7 Å². The number of ether oxygens (including phenoxy) is 4. The molecule has 1 N–H and O–H groups in total. The number of carbonyl (C=O) groups is 1. The molecule has 0 saturated heterocycles. The molecule has 0 aliphatic carbocycles. The number of hydrogen-bond acceptors (Lipinski definition) is 6. The third-order valence-corrected chi connectivity index (χ3v) is 5.66. The minimum Gasteiger partial charge on any atom is -0.493 e. The fourth-order valence-electron chi connectivity index (χ4n) is 3.92. The Kier molecular flexibility index (Phi) is 6.58. The van der Waals surface area contributed by atoms with Gasteiger partial charge in [-0.1, -0.05) is 30.3 Å². The predicted octanol–water partition coefficient (Wildman–Crippen LogP) is 4.75. The molecule has 0 aromatic heterocycles. The highest BCUT2D eigenvalue weighted by Crippen LogP contribution is 2.40. The summed E-state index contributed by atoms with van der Waals surface area (Å²) in [6.45, 7) is 3.45. The first-order valence-corrected chi connectivity index (χ1v) is 10.7. The number of methoxy groups -OCH3 is 3. The van der Waals surface area contributed by atoms with E-state index < -0.39 is 0 Å². The summed E-state index contributed by atoms with van der Waals surface area (Å²) < 4.78 is 22.0. The first-order chi connectivity index (χ1) is 16.0. The topological polar surface area (TPSA) is 69.3 Å². The molecule has 0 fully saturated rings. The summed E-state index contributed by atoms with van der Waals surface area (Å²) in [5.74, 6) is 1.93. The Morgan fingerprint density at radius 2 is 1.70 bits per heavy atom. The zero-order chi connectivity index (χ0) is 23.4. The van der Waals surface area contributed by atoms with E-state index >= 15 is 0 Å². The van der Waals surface area contributed by atoms with Crippen LogP contribution in [0.3, 0.4) is 0 Å². The number of nitrogens with one attached hydrogen (secondary N) is 1. The van der Waals surface area contributed by atoms with Crippen LogP contribution in [0.15, 0.2) is 60.7 Å². The normalized spacial score (nSPS) is 14.7. The van der Waals surface area contributed by atoms with E-state index in [9.17, 15) is 4.79 Å². The second kappa shape index (κ2) is 9.73. The largest absolute Gasteiger partial charge is 0.493 e. The van der Waals surface area contributed by atoms with E-state index in [0.717, 1.165) is 18.0 Å². The predicted molar refractivity (Wildman–Crippen MR) is 128 cm³/mol. The molecule has 4 rings (SSSR count). The van der Waals surface area contributed by atoms with Gasteiger partial charge in [0, 0.05) is 29.9 Å². The first kappa shape index (κ1) is 22.3. The summed E-state index contributed by atoms with van der Waals surface area (Å²) in [5.41, 5.74) is 3.16. The molecule has 0 radical (unpaired) electrons. The second-order valence-corrected chi connectivity index (χ2v) is 7.82. The number of nitrogens with zero attached hydrogens (tertiary/aromatic N) is 1. The molecule has 33 heavy (non-hydrogen) atoms. The van der Waals surface area contributed by atoms with Crippen LogP contribution in [0.25, 0.3) is 0 Å². The summed E-state index contributed by atoms with van der Waals surface area (Å²) in [6.07, 6.45) is 0. The van der Waals surface area contributed by atoms with E-state index in [2.05, 4.69) is 29.3 Å². The van der Waals surface area contributed by atoms with Gasteiger partial charge in [0.2, 0.25) is 5.75 Å². The number of fused-ring (bicyclic) bond motifs is 1. The van der Waals surface area contributed by atoms with E-state index in [1.807, 2.05) is 30.3 Å². The highest BCUT2D eigenvalue weighted by Gasteiger charge is 2.26. The quantitative estimate of drug-likeness (QED) is 0.563. The fourth-order valence-corrected chi connectivity index (χ4v) is 3.92. The fraction of sp³-hybridized carbons (Fsp3) is 0.269. The number of rotatable bonds is 7. The number of benzene rings is 3. The van der Waals surface area contributed by atoms with Crippen molar-refractivity contribution in [3.63, 3.8) is 0 Å². The van der Waals surface area contributed by atoms with Crippen molar-refractivity contribution < 1.29 is 23.7 Å². The Hall–Kier alpha value is -3.87. The summed E-state index contributed by atoms with van der Waals surface area (Å²) in [4.78, 5) is 15.4. The molecule has 0 bridgehead atoms. The third-order valence-electron chi connectivity index (χ3n) is 5.66. The van der Waals surface area contributed by atoms with Gasteiger partial charge in [0.25, 0.3) is 5.91 Å². The molecule has 172 valence electrons. The van der Waals surface area contributed by atoms with Crippen molar-refractivity contribution in [2.75, 3.05) is 38.2 Å². The van der Waals surface area contributed by atoms with Crippen LogP contribution in [0.1, 0.15) is 22.8 Å². The molecule has 1 aliphatic heterocycles. The highest BCUT2D eigenvalue weighted by atomic mass is 16.5. The minimum atomic E-state index is -0.245. The Bertz CT molecular complexity index is 1110. The molecular weight excluding hydrogens is 420 g/mol. The lowest BCUT2D eigenvalue weighted by atomic mass is 10.1.